The van der Waals surface area contributed by atoms with Crippen molar-refractivity contribution < 1.29 is 9.57 Å². The molecule has 0 aromatic rings. The molecule has 6 heteroatoms. The second-order valence-electron chi connectivity index (χ2n) is 2.68. The number of morpholine rings is 1. The summed E-state index contributed by atoms with van der Waals surface area (Å²) in [5.41, 5.74) is 0. The van der Waals surface area contributed by atoms with Gasteiger partial charge >= 0.3 is 0 Å². The van der Waals surface area contributed by atoms with Crippen LogP contribution in [0, 0.1) is 0 Å². The Bertz CT molecular complexity index is 102. The molecule has 1 saturated heterocycles. The van der Waals surface area contributed by atoms with E-state index in [9.17, 15) is 0 Å². The van der Waals surface area contributed by atoms with Gasteiger partial charge in [0.2, 0.25) is 0 Å². The molecule has 0 spiro atoms. The van der Waals surface area contributed by atoms with Crippen LogP contribution in [0.3, 0.4) is 0 Å². The average molecular weight is 233 g/mol. The van der Waals surface area contributed by atoms with Crippen molar-refractivity contribution in [2.24, 2.45) is 5.90 Å². The lowest BCUT2D eigenvalue weighted by Gasteiger charge is -2.26. The third-order valence-corrected chi connectivity index (χ3v) is 1.84. The van der Waals surface area contributed by atoms with E-state index >= 15 is 0 Å². The fraction of sp³-hybridized carbons (Fsp3) is 1.00. The Morgan fingerprint density at radius 1 is 1.23 bits per heavy atom. The lowest BCUT2D eigenvalue weighted by Crippen LogP contribution is -2.37. The zero-order valence-electron chi connectivity index (χ0n) is 7.61. The van der Waals surface area contributed by atoms with Crippen molar-refractivity contribution >= 4 is 24.8 Å². The molecule has 2 N–H and O–H groups in total. The summed E-state index contributed by atoms with van der Waals surface area (Å²) in [6.45, 7) is 5.54. The van der Waals surface area contributed by atoms with Gasteiger partial charge in [0.05, 0.1) is 19.8 Å². The summed E-state index contributed by atoms with van der Waals surface area (Å²) in [5.74, 6) is 4.90. The molecule has 0 aliphatic carbocycles. The Balaban J connectivity index is 0. The summed E-state index contributed by atoms with van der Waals surface area (Å²) >= 11 is 0. The van der Waals surface area contributed by atoms with E-state index in [1.807, 2.05) is 0 Å². The average Bonchev–Trinajstić information content (AvgIpc) is 2.07. The van der Waals surface area contributed by atoms with Crippen LogP contribution < -0.4 is 5.90 Å². The third kappa shape index (κ3) is 7.49. The summed E-state index contributed by atoms with van der Waals surface area (Å²) in [6.07, 6.45) is 1.01. The maximum atomic E-state index is 5.21. The van der Waals surface area contributed by atoms with Crippen LogP contribution in [-0.2, 0) is 9.57 Å². The molecular formula is C7H18Cl2N2O2. The predicted molar refractivity (Wildman–Crippen MR) is 56.5 cm³/mol. The van der Waals surface area contributed by atoms with Crippen LogP contribution >= 0.6 is 24.8 Å². The molecule has 0 saturated carbocycles. The highest BCUT2D eigenvalue weighted by molar-refractivity contribution is 5.85. The molecular weight excluding hydrogens is 215 g/mol. The molecule has 13 heavy (non-hydrogen) atoms. The lowest BCUT2D eigenvalue weighted by molar-refractivity contribution is 0.0319. The van der Waals surface area contributed by atoms with Gasteiger partial charge in [0.15, 0.2) is 0 Å². The summed E-state index contributed by atoms with van der Waals surface area (Å²) in [7, 11) is 0. The minimum Gasteiger partial charge on any atom is -0.379 e. The summed E-state index contributed by atoms with van der Waals surface area (Å²) < 4.78 is 5.21. The molecule has 0 amide bonds. The molecule has 0 unspecified atom stereocenters. The first-order chi connectivity index (χ1) is 5.43. The van der Waals surface area contributed by atoms with Crippen molar-refractivity contribution in [3.63, 3.8) is 0 Å². The van der Waals surface area contributed by atoms with Crippen LogP contribution in [-0.4, -0.2) is 44.4 Å². The zero-order valence-corrected chi connectivity index (χ0v) is 9.24. The van der Waals surface area contributed by atoms with Crippen molar-refractivity contribution in [2.45, 2.75) is 6.42 Å². The van der Waals surface area contributed by atoms with Crippen molar-refractivity contribution in [2.75, 3.05) is 39.5 Å². The van der Waals surface area contributed by atoms with E-state index in [-0.39, 0.29) is 24.8 Å². The molecule has 0 atom stereocenters. The Hall–Kier alpha value is 0.420. The van der Waals surface area contributed by atoms with Crippen LogP contribution in [0.1, 0.15) is 6.42 Å². The predicted octanol–water partition coefficient (Wildman–Crippen LogP) is 0.443. The second-order valence-corrected chi connectivity index (χ2v) is 2.68. The van der Waals surface area contributed by atoms with E-state index in [4.69, 9.17) is 10.6 Å². The van der Waals surface area contributed by atoms with Gasteiger partial charge < -0.3 is 9.57 Å². The molecule has 1 aliphatic rings. The molecule has 0 radical (unpaired) electrons. The number of nitrogens with two attached hydrogens (primary N) is 1. The topological polar surface area (TPSA) is 47.7 Å². The first kappa shape index (κ1) is 15.9. The fourth-order valence-corrected chi connectivity index (χ4v) is 1.20. The van der Waals surface area contributed by atoms with Crippen LogP contribution in [0.2, 0.25) is 0 Å². The first-order valence-electron chi connectivity index (χ1n) is 4.05. The van der Waals surface area contributed by atoms with Crippen LogP contribution in [0.25, 0.3) is 0 Å². The number of hydrogen-bond acceptors (Lipinski definition) is 4. The number of halogens is 2. The van der Waals surface area contributed by atoms with Crippen molar-refractivity contribution in [1.82, 2.24) is 4.90 Å². The number of rotatable bonds is 4. The maximum absolute atomic E-state index is 5.21. The molecule has 1 aliphatic heterocycles. The summed E-state index contributed by atoms with van der Waals surface area (Å²) in [5, 5.41) is 0. The van der Waals surface area contributed by atoms with E-state index in [0.717, 1.165) is 39.3 Å². The molecule has 0 aromatic heterocycles. The number of ether oxygens (including phenoxy) is 1. The third-order valence-electron chi connectivity index (χ3n) is 1.84. The molecule has 82 valence electrons. The minimum absolute atomic E-state index is 0. The number of hydrogen-bond donors (Lipinski definition) is 1. The molecule has 1 rings (SSSR count). The van der Waals surface area contributed by atoms with Crippen LogP contribution in [0.5, 0.6) is 0 Å². The highest BCUT2D eigenvalue weighted by Crippen LogP contribution is 1.97. The minimum atomic E-state index is 0. The van der Waals surface area contributed by atoms with Gasteiger partial charge in [-0.3, -0.25) is 4.90 Å². The van der Waals surface area contributed by atoms with Gasteiger partial charge in [-0.25, -0.2) is 5.90 Å². The van der Waals surface area contributed by atoms with Crippen molar-refractivity contribution in [1.29, 1.82) is 0 Å². The van der Waals surface area contributed by atoms with Gasteiger partial charge in [-0.2, -0.15) is 0 Å². The fourth-order valence-electron chi connectivity index (χ4n) is 1.20. The van der Waals surface area contributed by atoms with Gasteiger partial charge in [0.25, 0.3) is 0 Å². The highest BCUT2D eigenvalue weighted by atomic mass is 35.5. The van der Waals surface area contributed by atoms with Gasteiger partial charge in [0, 0.05) is 19.6 Å². The smallest absolute Gasteiger partial charge is 0.0691 e. The zero-order chi connectivity index (χ0) is 7.94. The van der Waals surface area contributed by atoms with Gasteiger partial charge in [-0.05, 0) is 6.42 Å². The van der Waals surface area contributed by atoms with Gasteiger partial charge in [0.1, 0.15) is 0 Å². The molecule has 0 aromatic carbocycles. The quantitative estimate of drug-likeness (QED) is 0.565. The van der Waals surface area contributed by atoms with E-state index in [0.29, 0.717) is 6.61 Å². The van der Waals surface area contributed by atoms with Crippen LogP contribution in [0.15, 0.2) is 0 Å². The Morgan fingerprint density at radius 2 is 1.85 bits per heavy atom. The maximum Gasteiger partial charge on any atom is 0.0691 e. The molecule has 1 heterocycles. The monoisotopic (exact) mass is 232 g/mol. The second kappa shape index (κ2) is 10.5. The van der Waals surface area contributed by atoms with Gasteiger partial charge in [-0.15, -0.1) is 24.8 Å². The normalized spacial score (nSPS) is 17.3. The summed E-state index contributed by atoms with van der Waals surface area (Å²) in [4.78, 5) is 6.84. The Kier molecular flexibility index (Phi) is 12.8. The molecule has 0 bridgehead atoms. The van der Waals surface area contributed by atoms with E-state index in [2.05, 4.69) is 9.74 Å². The molecule has 1 fully saturated rings. The van der Waals surface area contributed by atoms with E-state index in [1.165, 1.54) is 0 Å². The van der Waals surface area contributed by atoms with Crippen molar-refractivity contribution in [3.05, 3.63) is 0 Å². The van der Waals surface area contributed by atoms with Crippen LogP contribution in [0.4, 0.5) is 0 Å². The van der Waals surface area contributed by atoms with Gasteiger partial charge in [-0.1, -0.05) is 0 Å². The van der Waals surface area contributed by atoms with Crippen molar-refractivity contribution in [3.8, 4) is 0 Å². The lowest BCUT2D eigenvalue weighted by atomic mass is 10.3. The van der Waals surface area contributed by atoms with E-state index < -0.39 is 0 Å². The highest BCUT2D eigenvalue weighted by Gasteiger charge is 2.08. The first-order valence-corrected chi connectivity index (χ1v) is 4.05. The number of nitrogens with zero attached hydrogens (tertiary/aromatic N) is 1. The largest absolute Gasteiger partial charge is 0.379 e. The molecule has 4 nitrogen and oxygen atoms in total. The Labute approximate surface area is 91.5 Å². The standard InChI is InChI=1S/C7H16N2O2.2ClH/c8-11-5-1-2-9-3-6-10-7-4-9;;/h1-8H2;2*1H. The Morgan fingerprint density at radius 3 is 2.38 bits per heavy atom. The SMILES string of the molecule is Cl.Cl.NOCCCN1CCOCC1. The van der Waals surface area contributed by atoms with E-state index in [1.54, 1.807) is 0 Å². The summed E-state index contributed by atoms with van der Waals surface area (Å²) in [6, 6.07) is 0.